The summed E-state index contributed by atoms with van der Waals surface area (Å²) in [5.74, 6) is 0.0999. The minimum absolute atomic E-state index is 0.0356. The van der Waals surface area contributed by atoms with Crippen molar-refractivity contribution >= 4 is 33.3 Å². The van der Waals surface area contributed by atoms with E-state index in [1.165, 1.54) is 6.20 Å². The van der Waals surface area contributed by atoms with E-state index in [1.807, 2.05) is 13.0 Å². The summed E-state index contributed by atoms with van der Waals surface area (Å²) < 4.78 is 16.7. The average molecular weight is 425 g/mol. The smallest absolute Gasteiger partial charge is 0.278 e. The molecule has 0 unspecified atom stereocenters. The summed E-state index contributed by atoms with van der Waals surface area (Å²) in [5.41, 5.74) is 6.26. The summed E-state index contributed by atoms with van der Waals surface area (Å²) in [6.45, 7) is 4.42. The predicted octanol–water partition coefficient (Wildman–Crippen LogP) is 2.51. The molecule has 0 atom stereocenters. The van der Waals surface area contributed by atoms with Crippen molar-refractivity contribution in [1.29, 1.82) is 0 Å². The molecule has 1 amide bonds. The fourth-order valence-electron chi connectivity index (χ4n) is 2.00. The molecule has 0 saturated carbocycles. The topological polar surface area (TPSA) is 109 Å². The van der Waals surface area contributed by atoms with Gasteiger partial charge in [-0.25, -0.2) is 9.97 Å². The van der Waals surface area contributed by atoms with Gasteiger partial charge in [0.05, 0.1) is 31.7 Å². The van der Waals surface area contributed by atoms with Crippen molar-refractivity contribution in [3.63, 3.8) is 0 Å². The molecule has 0 bridgehead atoms. The number of nitrogen functional groups attached to an aromatic ring is 1. The van der Waals surface area contributed by atoms with Crippen LogP contribution in [-0.4, -0.2) is 48.9 Å². The summed E-state index contributed by atoms with van der Waals surface area (Å²) >= 11 is 3.17. The molecule has 1 aromatic carbocycles. The van der Waals surface area contributed by atoms with E-state index in [-0.39, 0.29) is 11.5 Å². The fourth-order valence-corrected chi connectivity index (χ4v) is 2.28. The maximum absolute atomic E-state index is 12.4. The van der Waals surface area contributed by atoms with Crippen LogP contribution in [0.3, 0.4) is 0 Å². The molecule has 2 aromatic rings. The number of hydrogen-bond donors (Lipinski definition) is 2. The van der Waals surface area contributed by atoms with Crippen molar-refractivity contribution in [2.45, 2.75) is 6.92 Å². The molecule has 0 radical (unpaired) electrons. The Bertz CT molecular complexity index is 730. The molecule has 1 aromatic heterocycles. The number of anilines is 2. The van der Waals surface area contributed by atoms with Crippen molar-refractivity contribution in [3.05, 3.63) is 40.8 Å². The predicted molar refractivity (Wildman–Crippen MR) is 101 cm³/mol. The van der Waals surface area contributed by atoms with Gasteiger partial charge >= 0.3 is 0 Å². The number of nitrogens with one attached hydrogen (secondary N) is 1. The minimum atomic E-state index is -0.472. The first-order valence-electron chi connectivity index (χ1n) is 8.08. The van der Waals surface area contributed by atoms with E-state index in [2.05, 4.69) is 31.2 Å². The van der Waals surface area contributed by atoms with Gasteiger partial charge in [-0.1, -0.05) is 12.1 Å². The van der Waals surface area contributed by atoms with Crippen molar-refractivity contribution in [1.82, 2.24) is 9.97 Å². The lowest BCUT2D eigenvalue weighted by Crippen LogP contribution is -2.18. The minimum Gasteiger partial charge on any atom is -0.489 e. The highest BCUT2D eigenvalue weighted by atomic mass is 79.9. The fraction of sp³-hybridized carbons (Fsp3) is 0.353. The third-order valence-electron chi connectivity index (χ3n) is 3.18. The summed E-state index contributed by atoms with van der Waals surface area (Å²) in [4.78, 5) is 20.4. The first-order valence-corrected chi connectivity index (χ1v) is 8.87. The van der Waals surface area contributed by atoms with E-state index >= 15 is 0 Å². The largest absolute Gasteiger partial charge is 0.489 e. The van der Waals surface area contributed by atoms with E-state index in [4.69, 9.17) is 19.9 Å². The molecule has 2 rings (SSSR count). The Morgan fingerprint density at radius 3 is 2.73 bits per heavy atom. The molecule has 0 aliphatic carbocycles. The Kier molecular flexibility index (Phi) is 8.26. The third-order valence-corrected chi connectivity index (χ3v) is 3.57. The molecule has 140 valence electrons. The van der Waals surface area contributed by atoms with Crippen molar-refractivity contribution in [3.8, 4) is 5.75 Å². The summed E-state index contributed by atoms with van der Waals surface area (Å²) in [7, 11) is 0. The van der Waals surface area contributed by atoms with Crippen LogP contribution in [0.15, 0.2) is 35.1 Å². The van der Waals surface area contributed by atoms with Crippen LogP contribution in [0.1, 0.15) is 17.4 Å². The molecule has 9 heteroatoms. The summed E-state index contributed by atoms with van der Waals surface area (Å²) in [6.07, 6.45) is 1.43. The summed E-state index contributed by atoms with van der Waals surface area (Å²) in [6, 6.07) is 7.09. The number of carbonyl (C=O) groups is 1. The molecule has 0 saturated heterocycles. The van der Waals surface area contributed by atoms with Gasteiger partial charge in [0.1, 0.15) is 17.0 Å². The van der Waals surface area contributed by atoms with E-state index in [9.17, 15) is 4.79 Å². The number of rotatable bonds is 10. The van der Waals surface area contributed by atoms with Gasteiger partial charge in [0, 0.05) is 6.61 Å². The second-order valence-corrected chi connectivity index (χ2v) is 5.85. The number of hydrogen-bond acceptors (Lipinski definition) is 7. The van der Waals surface area contributed by atoms with E-state index < -0.39 is 5.91 Å². The van der Waals surface area contributed by atoms with Crippen molar-refractivity contribution in [2.75, 3.05) is 44.1 Å². The van der Waals surface area contributed by atoms with Gasteiger partial charge in [-0.15, -0.1) is 0 Å². The van der Waals surface area contributed by atoms with Crippen LogP contribution in [0.5, 0.6) is 5.75 Å². The molecular formula is C17H21BrN4O4. The first kappa shape index (κ1) is 20.1. The molecule has 0 aliphatic heterocycles. The Balaban J connectivity index is 1.92. The molecule has 26 heavy (non-hydrogen) atoms. The lowest BCUT2D eigenvalue weighted by molar-refractivity contribution is 0.0405. The monoisotopic (exact) mass is 424 g/mol. The number of benzene rings is 1. The van der Waals surface area contributed by atoms with E-state index in [1.54, 1.807) is 18.2 Å². The number of carbonyl (C=O) groups excluding carboxylic acids is 1. The Labute approximate surface area is 160 Å². The van der Waals surface area contributed by atoms with Crippen LogP contribution in [0, 0.1) is 0 Å². The van der Waals surface area contributed by atoms with Gasteiger partial charge in [-0.2, -0.15) is 0 Å². The molecule has 0 aliphatic rings. The molecule has 8 nitrogen and oxygen atoms in total. The molecular weight excluding hydrogens is 404 g/mol. The van der Waals surface area contributed by atoms with Gasteiger partial charge in [0.15, 0.2) is 11.5 Å². The second kappa shape index (κ2) is 10.7. The van der Waals surface area contributed by atoms with Gasteiger partial charge in [0.2, 0.25) is 0 Å². The standard InChI is InChI=1S/C17H21BrN4O4/c1-2-24-7-8-25-9-10-26-13-6-4-3-5-12(13)21-17(23)15-16(19)20-11-14(18)22-15/h3-6,11H,2,7-10H2,1H3,(H2,19,20)(H,21,23). The highest BCUT2D eigenvalue weighted by Gasteiger charge is 2.15. The zero-order valence-corrected chi connectivity index (χ0v) is 16.0. The van der Waals surface area contributed by atoms with Gasteiger partial charge in [0.25, 0.3) is 5.91 Å². The Hall–Kier alpha value is -2.23. The van der Waals surface area contributed by atoms with E-state index in [0.29, 0.717) is 49.1 Å². The van der Waals surface area contributed by atoms with Crippen LogP contribution in [-0.2, 0) is 9.47 Å². The SMILES string of the molecule is CCOCCOCCOc1ccccc1NC(=O)c1nc(Br)cnc1N. The Morgan fingerprint density at radius 1 is 1.19 bits per heavy atom. The number of ether oxygens (including phenoxy) is 3. The van der Waals surface area contributed by atoms with Crippen LogP contribution in [0.2, 0.25) is 0 Å². The van der Waals surface area contributed by atoms with Crippen molar-refractivity contribution < 1.29 is 19.0 Å². The molecule has 3 N–H and O–H groups in total. The number of nitrogens with two attached hydrogens (primary N) is 1. The lowest BCUT2D eigenvalue weighted by atomic mass is 10.2. The lowest BCUT2D eigenvalue weighted by Gasteiger charge is -2.13. The highest BCUT2D eigenvalue weighted by Crippen LogP contribution is 2.24. The number of halogens is 1. The van der Waals surface area contributed by atoms with Crippen LogP contribution in [0.4, 0.5) is 11.5 Å². The number of para-hydroxylation sites is 2. The second-order valence-electron chi connectivity index (χ2n) is 5.03. The highest BCUT2D eigenvalue weighted by molar-refractivity contribution is 9.10. The van der Waals surface area contributed by atoms with Crippen LogP contribution in [0.25, 0.3) is 0 Å². The Morgan fingerprint density at radius 2 is 1.92 bits per heavy atom. The average Bonchev–Trinajstić information content (AvgIpc) is 2.64. The zero-order valence-electron chi connectivity index (χ0n) is 14.4. The van der Waals surface area contributed by atoms with Gasteiger partial charge in [-0.05, 0) is 35.0 Å². The van der Waals surface area contributed by atoms with Crippen LogP contribution < -0.4 is 15.8 Å². The number of nitrogens with zero attached hydrogens (tertiary/aromatic N) is 2. The zero-order chi connectivity index (χ0) is 18.8. The molecule has 1 heterocycles. The first-order chi connectivity index (χ1) is 12.6. The molecule has 0 fully saturated rings. The molecule has 0 spiro atoms. The number of amides is 1. The van der Waals surface area contributed by atoms with E-state index in [0.717, 1.165) is 0 Å². The van der Waals surface area contributed by atoms with Crippen LogP contribution >= 0.6 is 15.9 Å². The van der Waals surface area contributed by atoms with Gasteiger partial charge in [-0.3, -0.25) is 4.79 Å². The maximum Gasteiger partial charge on any atom is 0.278 e. The number of aromatic nitrogens is 2. The normalized spacial score (nSPS) is 10.5. The maximum atomic E-state index is 12.4. The third kappa shape index (κ3) is 6.25. The van der Waals surface area contributed by atoms with Crippen molar-refractivity contribution in [2.24, 2.45) is 0 Å². The summed E-state index contributed by atoms with van der Waals surface area (Å²) in [5, 5.41) is 2.74. The van der Waals surface area contributed by atoms with Gasteiger partial charge < -0.3 is 25.3 Å². The quantitative estimate of drug-likeness (QED) is 0.563.